The minimum atomic E-state index is -0.602. The number of carbonyl (C=O) groups is 3. The summed E-state index contributed by atoms with van der Waals surface area (Å²) in [6.07, 6.45) is 10.1. The third-order valence-corrected chi connectivity index (χ3v) is 14.2. The average molecular weight is 817 g/mol. The fourth-order valence-corrected chi connectivity index (χ4v) is 10.3. The van der Waals surface area contributed by atoms with Gasteiger partial charge in [0.1, 0.15) is 12.1 Å². The number of nitriles is 1. The van der Waals surface area contributed by atoms with E-state index in [1.807, 2.05) is 35.0 Å². The Bertz CT molecular complexity index is 2540. The number of likely N-dealkylation sites (tertiary alicyclic amines) is 1. The number of amides is 3. The Morgan fingerprint density at radius 1 is 0.850 bits per heavy atom. The molecule has 2 saturated carbocycles. The molecule has 9 nitrogen and oxygen atoms in total. The van der Waals surface area contributed by atoms with E-state index in [-0.39, 0.29) is 24.1 Å². The van der Waals surface area contributed by atoms with Crippen molar-refractivity contribution in [1.82, 2.24) is 24.9 Å². The monoisotopic (exact) mass is 816 g/mol. The van der Waals surface area contributed by atoms with Gasteiger partial charge in [0.25, 0.3) is 5.91 Å². The number of hydrogen-bond acceptors (Lipinski definition) is 6. The summed E-state index contributed by atoms with van der Waals surface area (Å²) < 4.78 is 2.03. The van der Waals surface area contributed by atoms with Crippen LogP contribution in [0.25, 0.3) is 11.3 Å². The molecular weight excluding hydrogens is 768 g/mol. The number of nitrogens with zero attached hydrogens (tertiary/aromatic N) is 5. The van der Waals surface area contributed by atoms with Crippen LogP contribution in [0.4, 0.5) is 0 Å². The Balaban J connectivity index is 0.714. The Labute approximate surface area is 357 Å². The van der Waals surface area contributed by atoms with E-state index >= 15 is 0 Å². The van der Waals surface area contributed by atoms with Crippen LogP contribution in [0.5, 0.6) is 0 Å². The number of piperidine rings is 1. The minimum absolute atomic E-state index is 0.156. The number of carbonyl (C=O) groups excluding carboxylic acids is 3. The molecule has 60 heavy (non-hydrogen) atoms. The van der Waals surface area contributed by atoms with Crippen LogP contribution < -0.4 is 5.32 Å². The van der Waals surface area contributed by atoms with Crippen LogP contribution >= 0.6 is 11.6 Å². The maximum atomic E-state index is 13.2. The van der Waals surface area contributed by atoms with Gasteiger partial charge in [-0.3, -0.25) is 29.3 Å². The second-order valence-corrected chi connectivity index (χ2v) is 18.1. The van der Waals surface area contributed by atoms with Gasteiger partial charge in [0.2, 0.25) is 11.8 Å². The molecule has 0 bridgehead atoms. The zero-order chi connectivity index (χ0) is 41.5. The Kier molecular flexibility index (Phi) is 10.9. The zero-order valence-corrected chi connectivity index (χ0v) is 35.1. The van der Waals surface area contributed by atoms with Gasteiger partial charge in [-0.15, -0.1) is 0 Å². The molecule has 1 unspecified atom stereocenters. The van der Waals surface area contributed by atoms with E-state index in [9.17, 15) is 19.6 Å². The lowest BCUT2D eigenvalue weighted by molar-refractivity contribution is -0.136. The van der Waals surface area contributed by atoms with Gasteiger partial charge in [0, 0.05) is 71.9 Å². The van der Waals surface area contributed by atoms with Crippen LogP contribution in [-0.4, -0.2) is 62.5 Å². The van der Waals surface area contributed by atoms with Crippen molar-refractivity contribution >= 4 is 29.3 Å². The fourth-order valence-electron chi connectivity index (χ4n) is 10.0. The van der Waals surface area contributed by atoms with E-state index in [1.165, 1.54) is 57.2 Å². The number of nitrogens with one attached hydrogen (secondary N) is 1. The summed E-state index contributed by atoms with van der Waals surface area (Å²) in [7, 11) is 0. The van der Waals surface area contributed by atoms with Gasteiger partial charge >= 0.3 is 0 Å². The summed E-state index contributed by atoms with van der Waals surface area (Å²) in [5.74, 6) is 14.0. The molecule has 3 aromatic carbocycles. The third-order valence-electron chi connectivity index (χ3n) is 13.9. The second-order valence-electron chi connectivity index (χ2n) is 17.7. The molecule has 4 fully saturated rings. The molecule has 3 amide bonds. The molecule has 3 aliphatic heterocycles. The highest BCUT2D eigenvalue weighted by atomic mass is 35.5. The van der Waals surface area contributed by atoms with Crippen molar-refractivity contribution in [2.75, 3.05) is 13.1 Å². The summed E-state index contributed by atoms with van der Waals surface area (Å²) in [6, 6.07) is 22.0. The van der Waals surface area contributed by atoms with Gasteiger partial charge in [-0.05, 0) is 130 Å². The topological polar surface area (TPSA) is 111 Å². The molecule has 304 valence electrons. The smallest absolute Gasteiger partial charge is 0.255 e. The zero-order valence-electron chi connectivity index (χ0n) is 34.3. The first-order valence-corrected chi connectivity index (χ1v) is 21.8. The molecule has 2 saturated heterocycles. The van der Waals surface area contributed by atoms with E-state index in [4.69, 9.17) is 16.7 Å². The van der Waals surface area contributed by atoms with Gasteiger partial charge in [0.15, 0.2) is 0 Å². The molecule has 0 radical (unpaired) electrons. The first kappa shape index (κ1) is 39.8. The van der Waals surface area contributed by atoms with E-state index in [1.54, 1.807) is 11.0 Å². The van der Waals surface area contributed by atoms with E-state index in [0.29, 0.717) is 59.0 Å². The summed E-state index contributed by atoms with van der Waals surface area (Å²) in [5.41, 5.74) is 9.51. The maximum absolute atomic E-state index is 13.2. The molecule has 9 rings (SSSR count). The summed E-state index contributed by atoms with van der Waals surface area (Å²) >= 11 is 6.32. The van der Waals surface area contributed by atoms with Crippen molar-refractivity contribution in [1.29, 1.82) is 5.26 Å². The lowest BCUT2D eigenvalue weighted by Crippen LogP contribution is -2.61. The molecule has 4 aromatic rings. The second kappa shape index (κ2) is 16.4. The Morgan fingerprint density at radius 2 is 1.55 bits per heavy atom. The van der Waals surface area contributed by atoms with Crippen molar-refractivity contribution in [2.45, 2.75) is 103 Å². The highest BCUT2D eigenvalue weighted by molar-refractivity contribution is 6.32. The van der Waals surface area contributed by atoms with Crippen molar-refractivity contribution in [3.8, 4) is 41.0 Å². The molecule has 2 aliphatic carbocycles. The van der Waals surface area contributed by atoms with Gasteiger partial charge < -0.3 is 4.90 Å². The van der Waals surface area contributed by atoms with Crippen molar-refractivity contribution < 1.29 is 14.4 Å². The quantitative estimate of drug-likeness (QED) is 0.162. The fraction of sp³-hybridized carbons (Fsp3) is 0.420. The standard InChI is InChI=1S/C50H49ClN6O3/c1-32-33(2)57(54-47(32)39-15-16-40(27-52)44(51)26-39)28-38-9-6-34(7-10-38)3-4-36-21-23-50(24-22-36)30-55(31-50)42-17-12-35(13-18-42)5-8-37-11-14-41-29-56(49(60)43(41)25-37)45-19-20-46(58)53-48(45)59/h6-7,9-11,14-16,25-26,35-36,42,45H,12-13,17-24,28-31H2,1-2H3,(H,53,58,59). The molecule has 10 heteroatoms. The summed E-state index contributed by atoms with van der Waals surface area (Å²) in [4.78, 5) is 41.6. The number of halogens is 1. The predicted molar refractivity (Wildman–Crippen MR) is 230 cm³/mol. The largest absolute Gasteiger partial charge is 0.322 e. The van der Waals surface area contributed by atoms with Gasteiger partial charge in [-0.1, -0.05) is 59.5 Å². The summed E-state index contributed by atoms with van der Waals surface area (Å²) in [6.45, 7) is 7.64. The van der Waals surface area contributed by atoms with Crippen LogP contribution in [-0.2, 0) is 22.7 Å². The van der Waals surface area contributed by atoms with E-state index in [0.717, 1.165) is 52.0 Å². The molecule has 5 aliphatic rings. The average Bonchev–Trinajstić information content (AvgIpc) is 3.72. The molecule has 1 atom stereocenters. The molecule has 1 aromatic heterocycles. The molecule has 1 N–H and O–H groups in total. The number of rotatable bonds is 5. The van der Waals surface area contributed by atoms with Crippen molar-refractivity contribution in [3.05, 3.63) is 110 Å². The van der Waals surface area contributed by atoms with Crippen molar-refractivity contribution in [2.24, 2.45) is 17.3 Å². The molecule has 4 heterocycles. The van der Waals surface area contributed by atoms with Crippen molar-refractivity contribution in [3.63, 3.8) is 0 Å². The van der Waals surface area contributed by atoms with Crippen LogP contribution in [0.1, 0.15) is 114 Å². The first-order valence-electron chi connectivity index (χ1n) is 21.4. The normalized spacial score (nSPS) is 22.5. The highest BCUT2D eigenvalue weighted by Crippen LogP contribution is 2.47. The van der Waals surface area contributed by atoms with Gasteiger partial charge in [-0.25, -0.2) is 0 Å². The number of imide groups is 1. The van der Waals surface area contributed by atoms with Crippen LogP contribution in [0.2, 0.25) is 5.02 Å². The number of hydrogen-bond donors (Lipinski definition) is 1. The molecule has 1 spiro atoms. The van der Waals surface area contributed by atoms with Crippen LogP contribution in [0, 0.1) is 66.1 Å². The van der Waals surface area contributed by atoms with Gasteiger partial charge in [0.05, 0.1) is 22.8 Å². The lowest BCUT2D eigenvalue weighted by atomic mass is 9.65. The Hall–Kier alpha value is -5.66. The third kappa shape index (κ3) is 8.00. The SMILES string of the molecule is Cc1c(-c2ccc(C#N)c(Cl)c2)nn(Cc2ccc(C#CC3CCC4(CC3)CN(C3CCC(C#Cc5ccc6c(c5)C(=O)N(C5CCC(=O)NC5=O)C6)CC3)C4)cc2)c1C. The first-order chi connectivity index (χ1) is 29.0. The highest BCUT2D eigenvalue weighted by Gasteiger charge is 2.47. The summed E-state index contributed by atoms with van der Waals surface area (Å²) in [5, 5.41) is 17.0. The van der Waals surface area contributed by atoms with E-state index in [2.05, 4.69) is 78.1 Å². The van der Waals surface area contributed by atoms with Crippen LogP contribution in [0.3, 0.4) is 0 Å². The maximum Gasteiger partial charge on any atom is 0.255 e. The van der Waals surface area contributed by atoms with Gasteiger partial charge in [-0.2, -0.15) is 10.4 Å². The van der Waals surface area contributed by atoms with E-state index < -0.39 is 6.04 Å². The minimum Gasteiger partial charge on any atom is -0.322 e. The lowest BCUT2D eigenvalue weighted by Gasteiger charge is -2.56. The number of benzene rings is 3. The predicted octanol–water partition coefficient (Wildman–Crippen LogP) is 7.96. The number of aromatic nitrogens is 2. The number of fused-ring (bicyclic) bond motifs is 1. The Morgan fingerprint density at radius 3 is 2.25 bits per heavy atom. The van der Waals surface area contributed by atoms with Crippen LogP contribution in [0.15, 0.2) is 60.7 Å². The molecular formula is C50H49ClN6O3.